The number of rotatable bonds is 4. The van der Waals surface area contributed by atoms with E-state index in [0.29, 0.717) is 6.61 Å². The van der Waals surface area contributed by atoms with Crippen LogP contribution >= 0.6 is 0 Å². The Morgan fingerprint density at radius 1 is 1.09 bits per heavy atom. The van der Waals surface area contributed by atoms with Crippen molar-refractivity contribution < 1.29 is 4.74 Å². The van der Waals surface area contributed by atoms with E-state index >= 15 is 0 Å². The summed E-state index contributed by atoms with van der Waals surface area (Å²) in [5.74, 6) is 1.66. The Hall–Kier alpha value is -2.80. The molecule has 1 aromatic heterocycles. The van der Waals surface area contributed by atoms with Crippen LogP contribution in [-0.4, -0.2) is 9.55 Å². The molecule has 0 radical (unpaired) electrons. The van der Waals surface area contributed by atoms with Gasteiger partial charge in [-0.2, -0.15) is 5.26 Å². The standard InChI is InChI=1S/C18H17N3O/c1-13-6-5-7-14(2)18(13)22-12-17-20-15-8-3-4-9-16(15)21(17)11-10-19/h3-9H,11-12H2,1-2H3. The van der Waals surface area contributed by atoms with E-state index < -0.39 is 0 Å². The van der Waals surface area contributed by atoms with Crippen LogP contribution in [0.5, 0.6) is 5.75 Å². The normalized spacial score (nSPS) is 10.6. The van der Waals surface area contributed by atoms with Gasteiger partial charge in [0.05, 0.1) is 17.1 Å². The highest BCUT2D eigenvalue weighted by atomic mass is 16.5. The summed E-state index contributed by atoms with van der Waals surface area (Å²) in [6, 6.07) is 16.1. The third kappa shape index (κ3) is 2.53. The predicted molar refractivity (Wildman–Crippen MR) is 85.6 cm³/mol. The van der Waals surface area contributed by atoms with E-state index in [2.05, 4.69) is 11.1 Å². The smallest absolute Gasteiger partial charge is 0.148 e. The number of aryl methyl sites for hydroxylation is 2. The Morgan fingerprint density at radius 2 is 1.82 bits per heavy atom. The van der Waals surface area contributed by atoms with Gasteiger partial charge >= 0.3 is 0 Å². The van der Waals surface area contributed by atoms with E-state index in [4.69, 9.17) is 10.00 Å². The molecule has 0 aliphatic heterocycles. The molecule has 110 valence electrons. The largest absolute Gasteiger partial charge is 0.485 e. The van der Waals surface area contributed by atoms with Crippen LogP contribution in [0.2, 0.25) is 0 Å². The Labute approximate surface area is 129 Å². The van der Waals surface area contributed by atoms with Crippen molar-refractivity contribution in [1.29, 1.82) is 5.26 Å². The number of hydrogen-bond donors (Lipinski definition) is 0. The van der Waals surface area contributed by atoms with Gasteiger partial charge in [0.1, 0.15) is 24.7 Å². The zero-order chi connectivity index (χ0) is 15.5. The number of nitrogens with zero attached hydrogens (tertiary/aromatic N) is 3. The first-order valence-corrected chi connectivity index (χ1v) is 7.21. The van der Waals surface area contributed by atoms with Crippen LogP contribution < -0.4 is 4.74 Å². The Balaban J connectivity index is 1.94. The number of hydrogen-bond acceptors (Lipinski definition) is 3. The van der Waals surface area contributed by atoms with Gasteiger partial charge in [0.15, 0.2) is 0 Å². The molecular weight excluding hydrogens is 274 g/mol. The van der Waals surface area contributed by atoms with E-state index in [0.717, 1.165) is 33.7 Å². The van der Waals surface area contributed by atoms with Crippen LogP contribution in [0.15, 0.2) is 42.5 Å². The van der Waals surface area contributed by atoms with Gasteiger partial charge in [-0.3, -0.25) is 0 Å². The summed E-state index contributed by atoms with van der Waals surface area (Å²) in [6.45, 7) is 4.68. The van der Waals surface area contributed by atoms with Crippen molar-refractivity contribution in [3.05, 3.63) is 59.4 Å². The van der Waals surface area contributed by atoms with Crippen molar-refractivity contribution in [3.8, 4) is 11.8 Å². The first-order chi connectivity index (χ1) is 10.7. The highest BCUT2D eigenvalue weighted by molar-refractivity contribution is 5.76. The van der Waals surface area contributed by atoms with Crippen molar-refractivity contribution >= 4 is 11.0 Å². The molecule has 0 amide bonds. The maximum Gasteiger partial charge on any atom is 0.148 e. The van der Waals surface area contributed by atoms with Gasteiger partial charge in [0.2, 0.25) is 0 Å². The number of imidazole rings is 1. The van der Waals surface area contributed by atoms with Crippen LogP contribution in [0.25, 0.3) is 11.0 Å². The molecule has 0 atom stereocenters. The fourth-order valence-electron chi connectivity index (χ4n) is 2.65. The monoisotopic (exact) mass is 291 g/mol. The Kier molecular flexibility index (Phi) is 3.80. The molecule has 0 N–H and O–H groups in total. The fourth-order valence-corrected chi connectivity index (χ4v) is 2.65. The molecule has 0 unspecified atom stereocenters. The van der Waals surface area contributed by atoms with Crippen molar-refractivity contribution in [2.75, 3.05) is 0 Å². The molecule has 0 saturated heterocycles. The van der Waals surface area contributed by atoms with Crippen LogP contribution in [-0.2, 0) is 13.2 Å². The highest BCUT2D eigenvalue weighted by Crippen LogP contribution is 2.24. The lowest BCUT2D eigenvalue weighted by Gasteiger charge is -2.12. The lowest BCUT2D eigenvalue weighted by Crippen LogP contribution is -2.07. The molecule has 4 nitrogen and oxygen atoms in total. The minimum Gasteiger partial charge on any atom is -0.485 e. The molecule has 3 aromatic rings. The van der Waals surface area contributed by atoms with Crippen molar-refractivity contribution in [3.63, 3.8) is 0 Å². The lowest BCUT2D eigenvalue weighted by molar-refractivity contribution is 0.287. The molecule has 0 spiro atoms. The second-order valence-corrected chi connectivity index (χ2v) is 5.27. The molecule has 0 aliphatic rings. The summed E-state index contributed by atoms with van der Waals surface area (Å²) in [7, 11) is 0. The summed E-state index contributed by atoms with van der Waals surface area (Å²) < 4.78 is 7.88. The van der Waals surface area contributed by atoms with Gasteiger partial charge in [0, 0.05) is 0 Å². The lowest BCUT2D eigenvalue weighted by atomic mass is 10.1. The third-order valence-electron chi connectivity index (χ3n) is 3.72. The molecule has 2 aromatic carbocycles. The number of aromatic nitrogens is 2. The van der Waals surface area contributed by atoms with Gasteiger partial charge in [-0.25, -0.2) is 4.98 Å². The van der Waals surface area contributed by atoms with E-state index in [1.54, 1.807) is 0 Å². The molecule has 3 rings (SSSR count). The number of ether oxygens (including phenoxy) is 1. The van der Waals surface area contributed by atoms with Crippen LogP contribution in [0, 0.1) is 25.2 Å². The topological polar surface area (TPSA) is 50.8 Å². The van der Waals surface area contributed by atoms with Gasteiger partial charge in [0.25, 0.3) is 0 Å². The first kappa shape index (κ1) is 14.2. The van der Waals surface area contributed by atoms with E-state index in [1.165, 1.54) is 0 Å². The van der Waals surface area contributed by atoms with Crippen molar-refractivity contribution in [1.82, 2.24) is 9.55 Å². The maximum absolute atomic E-state index is 9.06. The number of fused-ring (bicyclic) bond motifs is 1. The second kappa shape index (κ2) is 5.90. The van der Waals surface area contributed by atoms with Gasteiger partial charge < -0.3 is 9.30 Å². The summed E-state index contributed by atoms with van der Waals surface area (Å²) in [5, 5.41) is 9.06. The molecule has 0 bridgehead atoms. The number of benzene rings is 2. The number of nitriles is 1. The minimum absolute atomic E-state index is 0.270. The van der Waals surface area contributed by atoms with E-state index in [-0.39, 0.29) is 6.54 Å². The van der Waals surface area contributed by atoms with E-state index in [1.807, 2.05) is 60.9 Å². The highest BCUT2D eigenvalue weighted by Gasteiger charge is 2.12. The summed E-state index contributed by atoms with van der Waals surface area (Å²) >= 11 is 0. The maximum atomic E-state index is 9.06. The van der Waals surface area contributed by atoms with Crippen LogP contribution in [0.1, 0.15) is 17.0 Å². The summed E-state index contributed by atoms with van der Waals surface area (Å²) in [4.78, 5) is 4.59. The fraction of sp³-hybridized carbons (Fsp3) is 0.222. The van der Waals surface area contributed by atoms with Gasteiger partial charge in [-0.15, -0.1) is 0 Å². The zero-order valence-corrected chi connectivity index (χ0v) is 12.7. The summed E-state index contributed by atoms with van der Waals surface area (Å²) in [5.41, 5.74) is 4.05. The first-order valence-electron chi connectivity index (χ1n) is 7.21. The Bertz CT molecular complexity index is 838. The Morgan fingerprint density at radius 3 is 2.55 bits per heavy atom. The van der Waals surface area contributed by atoms with Gasteiger partial charge in [-0.1, -0.05) is 30.3 Å². The van der Waals surface area contributed by atoms with E-state index in [9.17, 15) is 0 Å². The molecule has 22 heavy (non-hydrogen) atoms. The quantitative estimate of drug-likeness (QED) is 0.735. The third-order valence-corrected chi connectivity index (χ3v) is 3.72. The molecule has 0 fully saturated rings. The van der Waals surface area contributed by atoms with Crippen molar-refractivity contribution in [2.24, 2.45) is 0 Å². The second-order valence-electron chi connectivity index (χ2n) is 5.27. The SMILES string of the molecule is Cc1cccc(C)c1OCc1nc2ccccc2n1CC#N. The average molecular weight is 291 g/mol. The predicted octanol–water partition coefficient (Wildman–Crippen LogP) is 3.76. The van der Waals surface area contributed by atoms with Crippen LogP contribution in [0.3, 0.4) is 0 Å². The number of para-hydroxylation sites is 3. The average Bonchev–Trinajstić information content (AvgIpc) is 2.85. The van der Waals surface area contributed by atoms with Crippen molar-refractivity contribution in [2.45, 2.75) is 27.0 Å². The zero-order valence-electron chi connectivity index (χ0n) is 12.7. The summed E-state index contributed by atoms with van der Waals surface area (Å²) in [6.07, 6.45) is 0. The minimum atomic E-state index is 0.270. The molecule has 0 aliphatic carbocycles. The molecule has 1 heterocycles. The van der Waals surface area contributed by atoms with Gasteiger partial charge in [-0.05, 0) is 37.1 Å². The molecular formula is C18H17N3O. The molecule has 4 heteroatoms. The van der Waals surface area contributed by atoms with Crippen LogP contribution in [0.4, 0.5) is 0 Å². The molecule has 0 saturated carbocycles.